The number of alkyl halides is 6. The molecule has 2 aromatic rings. The van der Waals surface area contributed by atoms with Crippen LogP contribution in [-0.2, 0) is 17.1 Å². The van der Waals surface area contributed by atoms with Crippen molar-refractivity contribution in [3.63, 3.8) is 0 Å². The van der Waals surface area contributed by atoms with E-state index in [0.717, 1.165) is 12.8 Å². The minimum absolute atomic E-state index is 0.00858. The average Bonchev–Trinajstić information content (AvgIpc) is 3.42. The Morgan fingerprint density at radius 1 is 0.929 bits per heavy atom. The molecule has 1 aliphatic carbocycles. The Hall–Kier alpha value is -2.71. The van der Waals surface area contributed by atoms with Crippen LogP contribution in [0.4, 0.5) is 26.3 Å². The molecule has 0 aromatic heterocycles. The van der Waals surface area contributed by atoms with Gasteiger partial charge in [0.05, 0.1) is 11.1 Å². The molecule has 1 unspecified atom stereocenters. The Balaban J connectivity index is 1.98. The molecular formula is C19H15F6NO2. The molecule has 150 valence electrons. The normalized spacial score (nSPS) is 15.8. The molecular weight excluding hydrogens is 388 g/mol. The molecule has 0 bridgehead atoms. The summed E-state index contributed by atoms with van der Waals surface area (Å²) in [7, 11) is 0. The number of ether oxygens (including phenoxy) is 1. The van der Waals surface area contributed by atoms with Crippen LogP contribution in [0.1, 0.15) is 35.6 Å². The third kappa shape index (κ3) is 4.96. The predicted molar refractivity (Wildman–Crippen MR) is 87.4 cm³/mol. The van der Waals surface area contributed by atoms with Crippen LogP contribution in [0.2, 0.25) is 0 Å². The number of hydrogen-bond donors (Lipinski definition) is 1. The number of rotatable bonds is 5. The second-order valence-corrected chi connectivity index (χ2v) is 6.43. The van der Waals surface area contributed by atoms with Gasteiger partial charge < -0.3 is 10.1 Å². The van der Waals surface area contributed by atoms with Crippen LogP contribution in [0.15, 0.2) is 48.5 Å². The van der Waals surface area contributed by atoms with Crippen molar-refractivity contribution in [3.8, 4) is 5.75 Å². The molecule has 0 spiro atoms. The smallest absolute Gasteiger partial charge is 0.416 e. The standard InChI is InChI=1S/C19H15F6NO2/c20-18(21,22)12-8-13(19(23,24)25)10-15(9-12)28-16(11-4-2-1-3-5-11)17(27)26-14-6-7-14/h1-5,8-10,14,16H,6-7H2,(H,26,27). The molecule has 1 fully saturated rings. The van der Waals surface area contributed by atoms with Gasteiger partial charge in [-0.2, -0.15) is 26.3 Å². The lowest BCUT2D eigenvalue weighted by molar-refractivity contribution is -0.143. The molecule has 1 aliphatic rings. The highest BCUT2D eigenvalue weighted by Gasteiger charge is 2.38. The number of amides is 1. The van der Waals surface area contributed by atoms with Gasteiger partial charge in [0.15, 0.2) is 0 Å². The van der Waals surface area contributed by atoms with Crippen LogP contribution in [0.3, 0.4) is 0 Å². The van der Waals surface area contributed by atoms with Crippen LogP contribution < -0.4 is 10.1 Å². The summed E-state index contributed by atoms with van der Waals surface area (Å²) in [6.45, 7) is 0. The number of carbonyl (C=O) groups excluding carboxylic acids is 1. The van der Waals surface area contributed by atoms with Crippen molar-refractivity contribution < 1.29 is 35.9 Å². The van der Waals surface area contributed by atoms with Crippen molar-refractivity contribution in [1.29, 1.82) is 0 Å². The van der Waals surface area contributed by atoms with Gasteiger partial charge in [0.1, 0.15) is 5.75 Å². The maximum absolute atomic E-state index is 13.0. The zero-order valence-corrected chi connectivity index (χ0v) is 14.3. The summed E-state index contributed by atoms with van der Waals surface area (Å²) in [6, 6.07) is 8.71. The number of benzene rings is 2. The summed E-state index contributed by atoms with van der Waals surface area (Å²) in [5, 5.41) is 2.65. The van der Waals surface area contributed by atoms with Gasteiger partial charge >= 0.3 is 12.4 Å². The maximum atomic E-state index is 13.0. The molecule has 28 heavy (non-hydrogen) atoms. The Kier molecular flexibility index (Phi) is 5.27. The van der Waals surface area contributed by atoms with E-state index in [4.69, 9.17) is 4.74 Å². The van der Waals surface area contributed by atoms with Gasteiger partial charge in [0.2, 0.25) is 6.10 Å². The number of nitrogens with one attached hydrogen (secondary N) is 1. The van der Waals surface area contributed by atoms with Crippen molar-refractivity contribution in [2.45, 2.75) is 37.3 Å². The monoisotopic (exact) mass is 403 g/mol. The van der Waals surface area contributed by atoms with Crippen molar-refractivity contribution in [3.05, 3.63) is 65.2 Å². The molecule has 1 N–H and O–H groups in total. The lowest BCUT2D eigenvalue weighted by Gasteiger charge is -2.21. The second kappa shape index (κ2) is 7.37. The van der Waals surface area contributed by atoms with Gasteiger partial charge in [0, 0.05) is 11.6 Å². The van der Waals surface area contributed by atoms with Crippen molar-refractivity contribution in [2.75, 3.05) is 0 Å². The first kappa shape index (κ1) is 20.0. The summed E-state index contributed by atoms with van der Waals surface area (Å²) in [4.78, 5) is 12.5. The molecule has 1 atom stereocenters. The molecule has 0 radical (unpaired) electrons. The van der Waals surface area contributed by atoms with Gasteiger partial charge in [-0.25, -0.2) is 0 Å². The number of halogens is 6. The Bertz CT molecular complexity index is 811. The van der Waals surface area contributed by atoms with Crippen LogP contribution in [0.5, 0.6) is 5.75 Å². The molecule has 2 aromatic carbocycles. The summed E-state index contributed by atoms with van der Waals surface area (Å²) in [6.07, 6.45) is -9.87. The maximum Gasteiger partial charge on any atom is 0.416 e. The van der Waals surface area contributed by atoms with Crippen LogP contribution >= 0.6 is 0 Å². The number of hydrogen-bond acceptors (Lipinski definition) is 2. The van der Waals surface area contributed by atoms with Crippen molar-refractivity contribution in [1.82, 2.24) is 5.32 Å². The van der Waals surface area contributed by atoms with Crippen molar-refractivity contribution >= 4 is 5.91 Å². The topological polar surface area (TPSA) is 38.3 Å². The lowest BCUT2D eigenvalue weighted by atomic mass is 10.1. The van der Waals surface area contributed by atoms with Crippen LogP contribution in [-0.4, -0.2) is 11.9 Å². The Labute approximate surface area is 156 Å². The van der Waals surface area contributed by atoms with E-state index in [1.165, 1.54) is 12.1 Å². The first-order chi connectivity index (χ1) is 13.0. The molecule has 1 amide bonds. The highest BCUT2D eigenvalue weighted by Crippen LogP contribution is 2.39. The molecule has 0 aliphatic heterocycles. The van der Waals surface area contributed by atoms with Gasteiger partial charge in [-0.15, -0.1) is 0 Å². The van der Waals surface area contributed by atoms with E-state index in [-0.39, 0.29) is 12.1 Å². The van der Waals surface area contributed by atoms with Gasteiger partial charge in [-0.05, 0) is 31.0 Å². The van der Waals surface area contributed by atoms with E-state index in [0.29, 0.717) is 17.7 Å². The fraction of sp³-hybridized carbons (Fsp3) is 0.316. The van der Waals surface area contributed by atoms with Gasteiger partial charge in [-0.3, -0.25) is 4.79 Å². The minimum atomic E-state index is -5.00. The zero-order chi connectivity index (χ0) is 20.5. The molecule has 0 heterocycles. The fourth-order valence-corrected chi connectivity index (χ4v) is 2.54. The summed E-state index contributed by atoms with van der Waals surface area (Å²) >= 11 is 0. The molecule has 9 heteroatoms. The van der Waals surface area contributed by atoms with E-state index < -0.39 is 41.2 Å². The van der Waals surface area contributed by atoms with Gasteiger partial charge in [0.25, 0.3) is 5.91 Å². The van der Waals surface area contributed by atoms with E-state index in [2.05, 4.69) is 5.32 Å². The van der Waals surface area contributed by atoms with E-state index in [1.54, 1.807) is 18.2 Å². The van der Waals surface area contributed by atoms with Crippen LogP contribution in [0.25, 0.3) is 0 Å². The third-order valence-corrected chi connectivity index (χ3v) is 4.08. The van der Waals surface area contributed by atoms with Crippen LogP contribution in [0, 0.1) is 0 Å². The molecule has 1 saturated carbocycles. The van der Waals surface area contributed by atoms with Crippen molar-refractivity contribution in [2.24, 2.45) is 0 Å². The summed E-state index contributed by atoms with van der Waals surface area (Å²) < 4.78 is 83.5. The first-order valence-electron chi connectivity index (χ1n) is 8.35. The second-order valence-electron chi connectivity index (χ2n) is 6.43. The molecule has 3 nitrogen and oxygen atoms in total. The highest BCUT2D eigenvalue weighted by molar-refractivity contribution is 5.83. The van der Waals surface area contributed by atoms with E-state index in [9.17, 15) is 31.1 Å². The fourth-order valence-electron chi connectivity index (χ4n) is 2.54. The lowest BCUT2D eigenvalue weighted by Crippen LogP contribution is -2.34. The minimum Gasteiger partial charge on any atom is -0.476 e. The summed E-state index contributed by atoms with van der Waals surface area (Å²) in [5.41, 5.74) is -2.70. The quantitative estimate of drug-likeness (QED) is 0.704. The largest absolute Gasteiger partial charge is 0.476 e. The molecule has 0 saturated heterocycles. The zero-order valence-electron chi connectivity index (χ0n) is 14.3. The Morgan fingerprint density at radius 2 is 1.46 bits per heavy atom. The van der Waals surface area contributed by atoms with E-state index >= 15 is 0 Å². The highest BCUT2D eigenvalue weighted by atomic mass is 19.4. The predicted octanol–water partition coefficient (Wildman–Crippen LogP) is 5.12. The average molecular weight is 403 g/mol. The summed E-state index contributed by atoms with van der Waals surface area (Å²) in [5.74, 6) is -1.32. The van der Waals surface area contributed by atoms with E-state index in [1.807, 2.05) is 0 Å². The first-order valence-corrected chi connectivity index (χ1v) is 8.35. The third-order valence-electron chi connectivity index (χ3n) is 4.08. The Morgan fingerprint density at radius 3 is 1.93 bits per heavy atom. The molecule has 3 rings (SSSR count). The van der Waals surface area contributed by atoms with Gasteiger partial charge in [-0.1, -0.05) is 30.3 Å². The SMILES string of the molecule is O=C(NC1CC1)C(Oc1cc(C(F)(F)F)cc(C(F)(F)F)c1)c1ccccc1. The number of carbonyl (C=O) groups is 1.